The number of hydrogen-bond acceptors (Lipinski definition) is 3. The molecule has 6 nitrogen and oxygen atoms in total. The molecule has 2 aliphatic rings. The van der Waals surface area contributed by atoms with E-state index in [9.17, 15) is 14.7 Å². The highest BCUT2D eigenvalue weighted by Crippen LogP contribution is 2.24. The lowest BCUT2D eigenvalue weighted by molar-refractivity contribution is -0.148. The molecule has 0 atom stereocenters. The first kappa shape index (κ1) is 15.1. The van der Waals surface area contributed by atoms with Crippen molar-refractivity contribution in [2.75, 3.05) is 13.2 Å². The number of urea groups is 1. The smallest absolute Gasteiger partial charge is 0.329 e. The highest BCUT2D eigenvalue weighted by molar-refractivity contribution is 5.86. The summed E-state index contributed by atoms with van der Waals surface area (Å²) in [5, 5.41) is 15.0. The van der Waals surface area contributed by atoms with E-state index in [-0.39, 0.29) is 12.1 Å². The lowest BCUT2D eigenvalue weighted by Gasteiger charge is -2.35. The number of rotatable bonds is 3. The zero-order chi connectivity index (χ0) is 14.6. The van der Waals surface area contributed by atoms with Crippen molar-refractivity contribution in [1.82, 2.24) is 10.6 Å². The van der Waals surface area contributed by atoms with Crippen LogP contribution in [0.5, 0.6) is 0 Å². The quantitative estimate of drug-likeness (QED) is 0.733. The number of aliphatic carboxylic acids is 1. The van der Waals surface area contributed by atoms with Crippen molar-refractivity contribution in [2.45, 2.75) is 57.0 Å². The van der Waals surface area contributed by atoms with Crippen molar-refractivity contribution >= 4 is 12.0 Å². The second kappa shape index (κ2) is 6.43. The molecular weight excluding hydrogens is 260 g/mol. The van der Waals surface area contributed by atoms with E-state index in [1.165, 1.54) is 0 Å². The molecule has 0 unspecified atom stereocenters. The first-order valence-corrected chi connectivity index (χ1v) is 7.42. The van der Waals surface area contributed by atoms with E-state index in [1.807, 2.05) is 0 Å². The normalized spacial score (nSPS) is 29.4. The summed E-state index contributed by atoms with van der Waals surface area (Å²) >= 11 is 0. The molecule has 2 fully saturated rings. The third-order valence-corrected chi connectivity index (χ3v) is 4.46. The van der Waals surface area contributed by atoms with Crippen LogP contribution in [0.2, 0.25) is 0 Å². The minimum absolute atomic E-state index is 0.164. The molecule has 1 aliphatic carbocycles. The van der Waals surface area contributed by atoms with Crippen molar-refractivity contribution in [2.24, 2.45) is 5.92 Å². The number of carbonyl (C=O) groups excluding carboxylic acids is 1. The van der Waals surface area contributed by atoms with Gasteiger partial charge in [-0.25, -0.2) is 9.59 Å². The summed E-state index contributed by atoms with van der Waals surface area (Å²) < 4.78 is 5.18. The molecule has 2 amide bonds. The molecule has 1 aliphatic heterocycles. The summed E-state index contributed by atoms with van der Waals surface area (Å²) in [6.07, 6.45) is 4.80. The van der Waals surface area contributed by atoms with Gasteiger partial charge in [0.2, 0.25) is 0 Å². The van der Waals surface area contributed by atoms with Crippen LogP contribution in [0.3, 0.4) is 0 Å². The number of carboxylic acids is 1. The minimum Gasteiger partial charge on any atom is -0.480 e. The highest BCUT2D eigenvalue weighted by atomic mass is 16.5. The molecule has 0 bridgehead atoms. The van der Waals surface area contributed by atoms with E-state index in [2.05, 4.69) is 17.6 Å². The van der Waals surface area contributed by atoms with Gasteiger partial charge >= 0.3 is 12.0 Å². The van der Waals surface area contributed by atoms with Crippen molar-refractivity contribution in [3.8, 4) is 0 Å². The van der Waals surface area contributed by atoms with Crippen LogP contribution in [0.25, 0.3) is 0 Å². The molecule has 0 spiro atoms. The summed E-state index contributed by atoms with van der Waals surface area (Å²) in [5.41, 5.74) is -1.18. The van der Waals surface area contributed by atoms with Gasteiger partial charge in [0, 0.05) is 32.1 Å². The first-order chi connectivity index (χ1) is 9.52. The molecule has 114 valence electrons. The van der Waals surface area contributed by atoms with Gasteiger partial charge in [0.15, 0.2) is 0 Å². The number of nitrogens with one attached hydrogen (secondary N) is 2. The SMILES string of the molecule is CC1CCC(NC(=O)NC2(C(=O)O)CCOCC2)CC1. The summed E-state index contributed by atoms with van der Waals surface area (Å²) in [7, 11) is 0. The summed E-state index contributed by atoms with van der Waals surface area (Å²) in [4.78, 5) is 23.5. The van der Waals surface area contributed by atoms with Crippen LogP contribution in [0.1, 0.15) is 45.4 Å². The number of hydrogen-bond donors (Lipinski definition) is 3. The molecule has 6 heteroatoms. The molecule has 1 saturated carbocycles. The fourth-order valence-electron chi connectivity index (χ4n) is 2.96. The van der Waals surface area contributed by atoms with Gasteiger partial charge in [-0.1, -0.05) is 6.92 Å². The Hall–Kier alpha value is -1.30. The topological polar surface area (TPSA) is 87.7 Å². The lowest BCUT2D eigenvalue weighted by atomic mass is 9.87. The maximum Gasteiger partial charge on any atom is 0.329 e. The van der Waals surface area contributed by atoms with Crippen molar-refractivity contribution in [1.29, 1.82) is 0 Å². The summed E-state index contributed by atoms with van der Waals surface area (Å²) in [6.45, 7) is 2.96. The molecule has 0 aromatic heterocycles. The minimum atomic E-state index is -1.18. The predicted molar refractivity (Wildman–Crippen MR) is 73.5 cm³/mol. The Morgan fingerprint density at radius 2 is 1.75 bits per heavy atom. The van der Waals surface area contributed by atoms with Gasteiger partial charge in [-0.2, -0.15) is 0 Å². The maximum absolute atomic E-state index is 12.0. The van der Waals surface area contributed by atoms with Gasteiger partial charge in [0.05, 0.1) is 0 Å². The summed E-state index contributed by atoms with van der Waals surface area (Å²) in [5.74, 6) is -0.259. The van der Waals surface area contributed by atoms with E-state index in [0.717, 1.165) is 31.6 Å². The Balaban J connectivity index is 1.87. The lowest BCUT2D eigenvalue weighted by Crippen LogP contribution is -2.60. The Morgan fingerprint density at radius 3 is 2.30 bits per heavy atom. The van der Waals surface area contributed by atoms with Gasteiger partial charge in [0.25, 0.3) is 0 Å². The number of carbonyl (C=O) groups is 2. The average Bonchev–Trinajstić information content (AvgIpc) is 2.42. The zero-order valence-electron chi connectivity index (χ0n) is 12.0. The summed E-state index contributed by atoms with van der Waals surface area (Å²) in [6, 6.07) is -0.203. The third-order valence-electron chi connectivity index (χ3n) is 4.46. The first-order valence-electron chi connectivity index (χ1n) is 7.42. The van der Waals surface area contributed by atoms with Crippen molar-refractivity contribution in [3.63, 3.8) is 0 Å². The molecule has 0 aromatic rings. The van der Waals surface area contributed by atoms with Crippen LogP contribution >= 0.6 is 0 Å². The molecule has 2 rings (SSSR count). The molecule has 1 heterocycles. The molecule has 0 aromatic carbocycles. The average molecular weight is 284 g/mol. The van der Waals surface area contributed by atoms with Crippen molar-refractivity contribution < 1.29 is 19.4 Å². The molecule has 0 radical (unpaired) electrons. The Kier molecular flexibility index (Phi) is 4.86. The van der Waals surface area contributed by atoms with E-state index in [4.69, 9.17) is 4.74 Å². The monoisotopic (exact) mass is 284 g/mol. The van der Waals surface area contributed by atoms with Crippen LogP contribution < -0.4 is 10.6 Å². The molecule has 3 N–H and O–H groups in total. The van der Waals surface area contributed by atoms with Crippen LogP contribution in [-0.4, -0.2) is 41.9 Å². The number of ether oxygens (including phenoxy) is 1. The zero-order valence-corrected chi connectivity index (χ0v) is 12.0. The van der Waals surface area contributed by atoms with Gasteiger partial charge in [-0.15, -0.1) is 0 Å². The van der Waals surface area contributed by atoms with E-state index in [0.29, 0.717) is 26.1 Å². The largest absolute Gasteiger partial charge is 0.480 e. The van der Waals surface area contributed by atoms with Gasteiger partial charge < -0.3 is 20.5 Å². The van der Waals surface area contributed by atoms with Crippen LogP contribution in [0.4, 0.5) is 4.79 Å². The van der Waals surface area contributed by atoms with Crippen LogP contribution in [0, 0.1) is 5.92 Å². The standard InChI is InChI=1S/C14H24N2O4/c1-10-2-4-11(5-3-10)15-13(19)16-14(12(17)18)6-8-20-9-7-14/h10-11H,2-9H2,1H3,(H,17,18)(H2,15,16,19). The Bertz CT molecular complexity index is 358. The van der Waals surface area contributed by atoms with E-state index in [1.54, 1.807) is 0 Å². The third kappa shape index (κ3) is 3.62. The van der Waals surface area contributed by atoms with Crippen LogP contribution in [-0.2, 0) is 9.53 Å². The second-order valence-electron chi connectivity index (χ2n) is 6.05. The molecule has 1 saturated heterocycles. The number of amides is 2. The van der Waals surface area contributed by atoms with Crippen molar-refractivity contribution in [3.05, 3.63) is 0 Å². The van der Waals surface area contributed by atoms with Gasteiger partial charge in [-0.3, -0.25) is 0 Å². The Morgan fingerprint density at radius 1 is 1.15 bits per heavy atom. The predicted octanol–water partition coefficient (Wildman–Crippen LogP) is 1.50. The fourth-order valence-corrected chi connectivity index (χ4v) is 2.96. The maximum atomic E-state index is 12.0. The molecular formula is C14H24N2O4. The van der Waals surface area contributed by atoms with Crippen LogP contribution in [0.15, 0.2) is 0 Å². The Labute approximate surface area is 119 Å². The highest BCUT2D eigenvalue weighted by Gasteiger charge is 2.41. The van der Waals surface area contributed by atoms with Gasteiger partial charge in [0.1, 0.15) is 5.54 Å². The second-order valence-corrected chi connectivity index (χ2v) is 6.05. The van der Waals surface area contributed by atoms with E-state index >= 15 is 0 Å². The number of carboxylic acid groups (broad SMARTS) is 1. The van der Waals surface area contributed by atoms with Gasteiger partial charge in [-0.05, 0) is 31.6 Å². The fraction of sp³-hybridized carbons (Fsp3) is 0.857. The molecule has 20 heavy (non-hydrogen) atoms. The van der Waals surface area contributed by atoms with E-state index < -0.39 is 11.5 Å².